The highest BCUT2D eigenvalue weighted by Gasteiger charge is 2.23. The molecule has 0 saturated carbocycles. The number of benzene rings is 1. The Morgan fingerprint density at radius 3 is 2.28 bits per heavy atom. The summed E-state index contributed by atoms with van der Waals surface area (Å²) >= 11 is 0. The molecule has 0 unspecified atom stereocenters. The molecule has 0 amide bonds. The number of carboxylic acid groups (broad SMARTS) is 1. The molecule has 0 bridgehead atoms. The van der Waals surface area contributed by atoms with Crippen LogP contribution in [0.3, 0.4) is 0 Å². The molecule has 0 fully saturated rings. The van der Waals surface area contributed by atoms with Gasteiger partial charge in [-0.1, -0.05) is 12.1 Å². The number of hydrogen-bond donors (Lipinski definition) is 1. The van der Waals surface area contributed by atoms with Crippen molar-refractivity contribution < 1.29 is 9.90 Å². The zero-order chi connectivity index (χ0) is 13.8. The Balaban J connectivity index is 2.83. The molecule has 1 N–H and O–H groups in total. The highest BCUT2D eigenvalue weighted by Crippen LogP contribution is 2.17. The molecule has 96 valence electrons. The number of rotatable bonds is 4. The van der Waals surface area contributed by atoms with E-state index in [1.807, 2.05) is 37.8 Å². The van der Waals surface area contributed by atoms with Crippen LogP contribution >= 0.6 is 0 Å². The maximum absolute atomic E-state index is 10.9. The largest absolute Gasteiger partial charge is 0.480 e. The fraction of sp³-hybridized carbons (Fsp3) is 0.429. The summed E-state index contributed by atoms with van der Waals surface area (Å²) in [7, 11) is 0. The summed E-state index contributed by atoms with van der Waals surface area (Å²) in [5.41, 5.74) is 1.40. The zero-order valence-corrected chi connectivity index (χ0v) is 11.0. The van der Waals surface area contributed by atoms with E-state index in [0.29, 0.717) is 12.1 Å². The topological polar surface area (TPSA) is 64.3 Å². The minimum Gasteiger partial charge on any atom is -0.480 e. The summed E-state index contributed by atoms with van der Waals surface area (Å²) in [6.45, 7) is 6.52. The molecule has 0 aromatic heterocycles. The zero-order valence-electron chi connectivity index (χ0n) is 11.0. The summed E-state index contributed by atoms with van der Waals surface area (Å²) < 4.78 is 0. The fourth-order valence-corrected chi connectivity index (χ4v) is 1.60. The summed E-state index contributed by atoms with van der Waals surface area (Å²) in [6.07, 6.45) is 0. The van der Waals surface area contributed by atoms with E-state index in [9.17, 15) is 4.79 Å². The van der Waals surface area contributed by atoms with Crippen molar-refractivity contribution in [3.05, 3.63) is 35.4 Å². The molecular formula is C14H18N2O2. The number of hydrogen-bond acceptors (Lipinski definition) is 3. The van der Waals surface area contributed by atoms with E-state index in [2.05, 4.69) is 6.07 Å². The van der Waals surface area contributed by atoms with Crippen molar-refractivity contribution in [2.24, 2.45) is 0 Å². The smallest absolute Gasteiger partial charge is 0.317 e. The first-order valence-corrected chi connectivity index (χ1v) is 5.79. The van der Waals surface area contributed by atoms with Crippen LogP contribution in [0.5, 0.6) is 0 Å². The van der Waals surface area contributed by atoms with Crippen molar-refractivity contribution in [1.82, 2.24) is 4.90 Å². The Morgan fingerprint density at radius 1 is 1.33 bits per heavy atom. The third-order valence-corrected chi connectivity index (χ3v) is 2.73. The Morgan fingerprint density at radius 2 is 1.89 bits per heavy atom. The second kappa shape index (κ2) is 5.65. The summed E-state index contributed by atoms with van der Waals surface area (Å²) in [4.78, 5) is 12.7. The maximum atomic E-state index is 10.9. The van der Waals surface area contributed by atoms with Crippen LogP contribution in [0.15, 0.2) is 24.3 Å². The van der Waals surface area contributed by atoms with E-state index in [1.165, 1.54) is 0 Å². The van der Waals surface area contributed by atoms with Crippen molar-refractivity contribution in [2.45, 2.75) is 32.9 Å². The van der Waals surface area contributed by atoms with Crippen LogP contribution in [0.2, 0.25) is 0 Å². The molecule has 0 atom stereocenters. The first kappa shape index (κ1) is 14.2. The van der Waals surface area contributed by atoms with Crippen LogP contribution in [-0.2, 0) is 11.3 Å². The maximum Gasteiger partial charge on any atom is 0.317 e. The standard InChI is InChI=1S/C14H18N2O2/c1-14(2,3)16(10-13(17)18)9-12-6-4-11(8-15)5-7-12/h4-7H,9-10H2,1-3H3,(H,17,18). The van der Waals surface area contributed by atoms with Gasteiger partial charge in [-0.25, -0.2) is 0 Å². The lowest BCUT2D eigenvalue weighted by atomic mass is 10.0. The van der Waals surface area contributed by atoms with Gasteiger partial charge in [0.25, 0.3) is 0 Å². The van der Waals surface area contributed by atoms with Crippen LogP contribution in [-0.4, -0.2) is 28.1 Å². The molecular weight excluding hydrogens is 228 g/mol. The number of carbonyl (C=O) groups is 1. The monoisotopic (exact) mass is 246 g/mol. The van der Waals surface area contributed by atoms with Gasteiger partial charge in [0.1, 0.15) is 0 Å². The third kappa shape index (κ3) is 4.19. The Kier molecular flexibility index (Phi) is 4.46. The molecule has 0 aliphatic carbocycles. The SMILES string of the molecule is CC(C)(C)N(CC(=O)O)Cc1ccc(C#N)cc1. The Hall–Kier alpha value is -1.86. The minimum atomic E-state index is -0.835. The van der Waals surface area contributed by atoms with E-state index >= 15 is 0 Å². The van der Waals surface area contributed by atoms with Gasteiger partial charge in [0, 0.05) is 12.1 Å². The lowest BCUT2D eigenvalue weighted by Gasteiger charge is -2.34. The number of nitrogens with zero attached hydrogens (tertiary/aromatic N) is 2. The van der Waals surface area contributed by atoms with Crippen LogP contribution in [0.25, 0.3) is 0 Å². The molecule has 18 heavy (non-hydrogen) atoms. The molecule has 1 rings (SSSR count). The molecule has 1 aromatic rings. The van der Waals surface area contributed by atoms with Gasteiger partial charge in [-0.15, -0.1) is 0 Å². The minimum absolute atomic E-state index is 0.00347. The number of carboxylic acids is 1. The van der Waals surface area contributed by atoms with Crippen molar-refractivity contribution >= 4 is 5.97 Å². The van der Waals surface area contributed by atoms with Gasteiger partial charge in [-0.2, -0.15) is 5.26 Å². The second-order valence-electron chi connectivity index (χ2n) is 5.23. The Bertz CT molecular complexity index is 452. The average molecular weight is 246 g/mol. The summed E-state index contributed by atoms with van der Waals surface area (Å²) in [5, 5.41) is 17.6. The molecule has 0 aliphatic heterocycles. The van der Waals surface area contributed by atoms with Crippen molar-refractivity contribution in [1.29, 1.82) is 5.26 Å². The summed E-state index contributed by atoms with van der Waals surface area (Å²) in [5.74, 6) is -0.835. The third-order valence-electron chi connectivity index (χ3n) is 2.73. The van der Waals surface area contributed by atoms with Gasteiger partial charge in [-0.3, -0.25) is 9.69 Å². The lowest BCUT2D eigenvalue weighted by molar-refractivity contribution is -0.139. The van der Waals surface area contributed by atoms with Crippen LogP contribution in [0.1, 0.15) is 31.9 Å². The van der Waals surface area contributed by atoms with Crippen molar-refractivity contribution in [2.75, 3.05) is 6.54 Å². The molecule has 0 radical (unpaired) electrons. The highest BCUT2D eigenvalue weighted by molar-refractivity contribution is 5.69. The van der Waals surface area contributed by atoms with Gasteiger partial charge in [-0.05, 0) is 38.5 Å². The fourth-order valence-electron chi connectivity index (χ4n) is 1.60. The van der Waals surface area contributed by atoms with Crippen LogP contribution < -0.4 is 0 Å². The van der Waals surface area contributed by atoms with Gasteiger partial charge in [0.05, 0.1) is 18.2 Å². The molecule has 4 heteroatoms. The van der Waals surface area contributed by atoms with Crippen molar-refractivity contribution in [3.63, 3.8) is 0 Å². The predicted molar refractivity (Wildman–Crippen MR) is 69.0 cm³/mol. The normalized spacial score (nSPS) is 11.3. The Labute approximate surface area is 107 Å². The van der Waals surface area contributed by atoms with E-state index in [4.69, 9.17) is 10.4 Å². The lowest BCUT2D eigenvalue weighted by Crippen LogP contribution is -2.43. The van der Waals surface area contributed by atoms with E-state index in [-0.39, 0.29) is 12.1 Å². The quantitative estimate of drug-likeness (QED) is 0.885. The highest BCUT2D eigenvalue weighted by atomic mass is 16.4. The molecule has 0 heterocycles. The molecule has 4 nitrogen and oxygen atoms in total. The van der Waals surface area contributed by atoms with Gasteiger partial charge < -0.3 is 5.11 Å². The number of aliphatic carboxylic acids is 1. The van der Waals surface area contributed by atoms with Gasteiger partial charge in [0.2, 0.25) is 0 Å². The first-order chi connectivity index (χ1) is 8.32. The van der Waals surface area contributed by atoms with Crippen molar-refractivity contribution in [3.8, 4) is 6.07 Å². The number of nitriles is 1. The van der Waals surface area contributed by atoms with E-state index in [1.54, 1.807) is 12.1 Å². The van der Waals surface area contributed by atoms with Crippen LogP contribution in [0, 0.1) is 11.3 Å². The predicted octanol–water partition coefficient (Wildman–Crippen LogP) is 2.24. The average Bonchev–Trinajstić information content (AvgIpc) is 2.27. The first-order valence-electron chi connectivity index (χ1n) is 5.79. The van der Waals surface area contributed by atoms with Gasteiger partial charge in [0.15, 0.2) is 0 Å². The van der Waals surface area contributed by atoms with Crippen LogP contribution in [0.4, 0.5) is 0 Å². The van der Waals surface area contributed by atoms with E-state index < -0.39 is 5.97 Å². The molecule has 0 spiro atoms. The van der Waals surface area contributed by atoms with E-state index in [0.717, 1.165) is 5.56 Å². The molecule has 0 saturated heterocycles. The van der Waals surface area contributed by atoms with Gasteiger partial charge >= 0.3 is 5.97 Å². The molecule has 0 aliphatic rings. The summed E-state index contributed by atoms with van der Waals surface area (Å²) in [6, 6.07) is 9.28. The second-order valence-corrected chi connectivity index (χ2v) is 5.23. The molecule has 1 aromatic carbocycles.